The average molecular weight is 231 g/mol. The highest BCUT2D eigenvalue weighted by Crippen LogP contribution is 2.14. The van der Waals surface area contributed by atoms with Crippen LogP contribution in [-0.2, 0) is 0 Å². The predicted octanol–water partition coefficient (Wildman–Crippen LogP) is 3.12. The summed E-state index contributed by atoms with van der Waals surface area (Å²) in [5, 5.41) is 0.631. The maximum atomic E-state index is 5.67. The summed E-state index contributed by atoms with van der Waals surface area (Å²) in [6, 6.07) is 8.00. The van der Waals surface area contributed by atoms with E-state index in [0.717, 1.165) is 11.4 Å². The summed E-state index contributed by atoms with van der Waals surface area (Å²) < 4.78 is 0. The van der Waals surface area contributed by atoms with E-state index >= 15 is 0 Å². The number of halogens is 1. The van der Waals surface area contributed by atoms with Crippen molar-refractivity contribution in [2.24, 2.45) is 10.7 Å². The third-order valence-corrected chi connectivity index (χ3v) is 2.24. The van der Waals surface area contributed by atoms with E-state index in [4.69, 9.17) is 5.73 Å². The quantitative estimate of drug-likeness (QED) is 0.626. The van der Waals surface area contributed by atoms with Crippen LogP contribution in [0.15, 0.2) is 29.3 Å². The minimum absolute atomic E-state index is 0. The van der Waals surface area contributed by atoms with Crippen LogP contribution in [0.4, 0.5) is 5.69 Å². The Morgan fingerprint density at radius 3 is 2.43 bits per heavy atom. The Labute approximate surface area is 95.4 Å². The lowest BCUT2D eigenvalue weighted by Gasteiger charge is -1.98. The van der Waals surface area contributed by atoms with Gasteiger partial charge in [-0.05, 0) is 24.8 Å². The van der Waals surface area contributed by atoms with Crippen molar-refractivity contribution in [3.8, 4) is 0 Å². The molecule has 78 valence electrons. The molecule has 1 aromatic carbocycles. The number of aliphatic imine (C=N–C) groups is 1. The molecular weight excluding hydrogens is 216 g/mol. The molecule has 4 heteroatoms. The third kappa shape index (κ3) is 4.53. The fourth-order valence-corrected chi connectivity index (χ4v) is 1.39. The van der Waals surface area contributed by atoms with E-state index in [1.54, 1.807) is 11.8 Å². The van der Waals surface area contributed by atoms with Crippen LogP contribution in [0.5, 0.6) is 0 Å². The fourth-order valence-electron chi connectivity index (χ4n) is 0.927. The van der Waals surface area contributed by atoms with Crippen LogP contribution in [0.25, 0.3) is 0 Å². The molecule has 14 heavy (non-hydrogen) atoms. The lowest BCUT2D eigenvalue weighted by Crippen LogP contribution is -2.05. The van der Waals surface area contributed by atoms with Crippen molar-refractivity contribution >= 4 is 35.0 Å². The second kappa shape index (κ2) is 6.74. The van der Waals surface area contributed by atoms with Crippen molar-refractivity contribution < 1.29 is 0 Å². The summed E-state index contributed by atoms with van der Waals surface area (Å²) in [5.74, 6) is 0.960. The predicted molar refractivity (Wildman–Crippen MR) is 67.8 cm³/mol. The van der Waals surface area contributed by atoms with E-state index in [0.29, 0.717) is 5.17 Å². The minimum Gasteiger partial charge on any atom is -0.378 e. The molecule has 0 aliphatic carbocycles. The number of aryl methyl sites for hydroxylation is 1. The number of rotatable bonds is 2. The Kier molecular flexibility index (Phi) is 6.41. The first kappa shape index (κ1) is 13.3. The van der Waals surface area contributed by atoms with Crippen molar-refractivity contribution in [3.63, 3.8) is 0 Å². The molecule has 0 saturated heterocycles. The van der Waals surface area contributed by atoms with Crippen LogP contribution in [0.2, 0.25) is 0 Å². The molecule has 0 fully saturated rings. The molecule has 0 atom stereocenters. The first-order valence-electron chi connectivity index (χ1n) is 4.26. The third-order valence-electron chi connectivity index (χ3n) is 1.57. The van der Waals surface area contributed by atoms with Gasteiger partial charge in [-0.15, -0.1) is 12.4 Å². The number of thioether (sulfide) groups is 1. The number of hydrogen-bond acceptors (Lipinski definition) is 2. The highest BCUT2D eigenvalue weighted by Gasteiger charge is 1.92. The van der Waals surface area contributed by atoms with Crippen molar-refractivity contribution in [1.82, 2.24) is 0 Å². The normalized spacial score (nSPS) is 10.9. The van der Waals surface area contributed by atoms with Gasteiger partial charge in [-0.25, -0.2) is 4.99 Å². The molecule has 2 nitrogen and oxygen atoms in total. The van der Waals surface area contributed by atoms with E-state index in [2.05, 4.69) is 18.8 Å². The lowest BCUT2D eigenvalue weighted by atomic mass is 10.2. The van der Waals surface area contributed by atoms with Gasteiger partial charge < -0.3 is 5.73 Å². The fraction of sp³-hybridized carbons (Fsp3) is 0.300. The monoisotopic (exact) mass is 230 g/mol. The van der Waals surface area contributed by atoms with Crippen LogP contribution >= 0.6 is 24.2 Å². The number of amidine groups is 1. The number of nitrogens with zero attached hydrogens (tertiary/aromatic N) is 1. The van der Waals surface area contributed by atoms with Crippen molar-refractivity contribution in [1.29, 1.82) is 0 Å². The van der Waals surface area contributed by atoms with Crippen LogP contribution < -0.4 is 5.73 Å². The second-order valence-electron chi connectivity index (χ2n) is 2.72. The molecule has 0 unspecified atom stereocenters. The van der Waals surface area contributed by atoms with Crippen molar-refractivity contribution in [2.75, 3.05) is 5.75 Å². The Morgan fingerprint density at radius 2 is 1.93 bits per heavy atom. The average Bonchev–Trinajstić information content (AvgIpc) is 2.09. The second-order valence-corrected chi connectivity index (χ2v) is 4.00. The standard InChI is InChI=1S/C10H14N2S.ClH/c1-3-13-10(11)12-9-6-4-8(2)5-7-9;/h4-7H,3H2,1-2H3,(H2,11,12);1H. The Hall–Kier alpha value is -0.670. The van der Waals surface area contributed by atoms with E-state index < -0.39 is 0 Å². The molecule has 0 aliphatic heterocycles. The van der Waals surface area contributed by atoms with Gasteiger partial charge in [0.25, 0.3) is 0 Å². The SMILES string of the molecule is CCSC(N)=Nc1ccc(C)cc1.Cl. The van der Waals surface area contributed by atoms with Crippen LogP contribution in [0.3, 0.4) is 0 Å². The first-order valence-corrected chi connectivity index (χ1v) is 5.24. The van der Waals surface area contributed by atoms with Crippen LogP contribution in [0.1, 0.15) is 12.5 Å². The van der Waals surface area contributed by atoms with E-state index in [1.165, 1.54) is 5.56 Å². The maximum Gasteiger partial charge on any atom is 0.159 e. The Bertz CT molecular complexity index is 295. The van der Waals surface area contributed by atoms with E-state index in [1.807, 2.05) is 24.3 Å². The maximum absolute atomic E-state index is 5.67. The van der Waals surface area contributed by atoms with Gasteiger partial charge in [-0.3, -0.25) is 0 Å². The van der Waals surface area contributed by atoms with Gasteiger partial charge in [0, 0.05) is 0 Å². The zero-order chi connectivity index (χ0) is 9.68. The van der Waals surface area contributed by atoms with Crippen molar-refractivity contribution in [2.45, 2.75) is 13.8 Å². The molecule has 0 aromatic heterocycles. The number of hydrogen-bond donors (Lipinski definition) is 1. The van der Waals surface area contributed by atoms with Gasteiger partial charge in [0.05, 0.1) is 5.69 Å². The van der Waals surface area contributed by atoms with Gasteiger partial charge >= 0.3 is 0 Å². The molecule has 0 saturated carbocycles. The number of nitrogens with two attached hydrogens (primary N) is 1. The summed E-state index contributed by atoms with van der Waals surface area (Å²) >= 11 is 1.56. The zero-order valence-electron chi connectivity index (χ0n) is 8.36. The molecule has 0 radical (unpaired) electrons. The van der Waals surface area contributed by atoms with Gasteiger partial charge in [0.1, 0.15) is 0 Å². The molecule has 0 heterocycles. The topological polar surface area (TPSA) is 38.4 Å². The number of benzene rings is 1. The van der Waals surface area contributed by atoms with E-state index in [9.17, 15) is 0 Å². The molecule has 1 rings (SSSR count). The molecular formula is C10H15ClN2S. The molecule has 0 aliphatic rings. The lowest BCUT2D eigenvalue weighted by molar-refractivity contribution is 1.43. The van der Waals surface area contributed by atoms with Crippen LogP contribution in [0, 0.1) is 6.92 Å². The largest absolute Gasteiger partial charge is 0.378 e. The summed E-state index contributed by atoms with van der Waals surface area (Å²) in [7, 11) is 0. The highest BCUT2D eigenvalue weighted by molar-refractivity contribution is 8.13. The van der Waals surface area contributed by atoms with Gasteiger partial charge in [-0.1, -0.05) is 36.4 Å². The molecule has 0 amide bonds. The van der Waals surface area contributed by atoms with Gasteiger partial charge in [0.15, 0.2) is 5.17 Å². The zero-order valence-corrected chi connectivity index (χ0v) is 9.99. The van der Waals surface area contributed by atoms with Crippen molar-refractivity contribution in [3.05, 3.63) is 29.8 Å². The molecule has 0 spiro atoms. The first-order chi connectivity index (χ1) is 6.22. The summed E-state index contributed by atoms with van der Waals surface area (Å²) in [5.41, 5.74) is 7.82. The minimum atomic E-state index is 0. The van der Waals surface area contributed by atoms with Gasteiger partial charge in [-0.2, -0.15) is 0 Å². The van der Waals surface area contributed by atoms with E-state index in [-0.39, 0.29) is 12.4 Å². The Balaban J connectivity index is 0.00000169. The highest BCUT2D eigenvalue weighted by atomic mass is 35.5. The molecule has 2 N–H and O–H groups in total. The smallest absolute Gasteiger partial charge is 0.159 e. The Morgan fingerprint density at radius 1 is 1.36 bits per heavy atom. The molecule has 1 aromatic rings. The van der Waals surface area contributed by atoms with Crippen LogP contribution in [-0.4, -0.2) is 10.9 Å². The van der Waals surface area contributed by atoms with Gasteiger partial charge in [0.2, 0.25) is 0 Å². The summed E-state index contributed by atoms with van der Waals surface area (Å²) in [6.07, 6.45) is 0. The summed E-state index contributed by atoms with van der Waals surface area (Å²) in [4.78, 5) is 4.25. The molecule has 0 bridgehead atoms. The summed E-state index contributed by atoms with van der Waals surface area (Å²) in [6.45, 7) is 4.11.